The fourth-order valence-corrected chi connectivity index (χ4v) is 3.79. The molecule has 6 heteroatoms. The maximum atomic E-state index is 12.3. The Morgan fingerprint density at radius 3 is 2.44 bits per heavy atom. The quantitative estimate of drug-likeness (QED) is 0.535. The van der Waals surface area contributed by atoms with Crippen molar-refractivity contribution in [3.63, 3.8) is 0 Å². The molecule has 1 aromatic carbocycles. The number of halogens is 3. The molecule has 3 atom stereocenters. The molecule has 0 spiro atoms. The topological polar surface area (TPSA) is 55.1 Å². The number of hydrogen-bond acceptors (Lipinski definition) is 3. The number of anilines is 1. The first-order valence-electron chi connectivity index (χ1n) is 8.14. The molecule has 0 bridgehead atoms. The van der Waals surface area contributed by atoms with E-state index >= 15 is 0 Å². The number of hydrogen-bond donors (Lipinski definition) is 2. The van der Waals surface area contributed by atoms with Gasteiger partial charge in [0.15, 0.2) is 5.78 Å². The molecule has 2 unspecified atom stereocenters. The number of benzene rings is 1. The average molecular weight is 402 g/mol. The lowest BCUT2D eigenvalue weighted by Gasteiger charge is -2.43. The van der Waals surface area contributed by atoms with Crippen LogP contribution in [0.2, 0.25) is 0 Å². The molecule has 0 aromatic heterocycles. The largest absolute Gasteiger partial charge is 0.399 e. The van der Waals surface area contributed by atoms with E-state index in [1.54, 1.807) is 0 Å². The summed E-state index contributed by atoms with van der Waals surface area (Å²) in [6.45, 7) is 5.66. The second kappa shape index (κ2) is 7.71. The van der Waals surface area contributed by atoms with Crippen molar-refractivity contribution in [3.05, 3.63) is 47.0 Å². The van der Waals surface area contributed by atoms with Gasteiger partial charge in [-0.2, -0.15) is 0 Å². The van der Waals surface area contributed by atoms with E-state index in [2.05, 4.69) is 5.32 Å². The zero-order chi connectivity index (χ0) is 18.8. The highest BCUT2D eigenvalue weighted by molar-refractivity contribution is 6.34. The van der Waals surface area contributed by atoms with Gasteiger partial charge in [0, 0.05) is 10.7 Å². The van der Waals surface area contributed by atoms with E-state index in [-0.39, 0.29) is 11.7 Å². The van der Waals surface area contributed by atoms with E-state index in [9.17, 15) is 4.79 Å². The van der Waals surface area contributed by atoms with Gasteiger partial charge in [0.25, 0.3) is 0 Å². The second-order valence-electron chi connectivity index (χ2n) is 6.71. The van der Waals surface area contributed by atoms with Crippen LogP contribution in [-0.2, 0) is 4.79 Å². The summed E-state index contributed by atoms with van der Waals surface area (Å²) < 4.78 is 0. The van der Waals surface area contributed by atoms with Crippen molar-refractivity contribution in [3.8, 4) is 0 Å². The SMILES string of the molecule is CCC(C)(NC1(C)C(Cl)=CC(c2ccc(N)cc2)=C[C@@H]1Cl)C(=O)CCl. The Bertz CT molecular complexity index is 714. The number of alkyl halides is 2. The van der Waals surface area contributed by atoms with E-state index in [4.69, 9.17) is 40.5 Å². The van der Waals surface area contributed by atoms with Gasteiger partial charge in [0.05, 0.1) is 22.3 Å². The number of allylic oxidation sites excluding steroid dienone is 2. The van der Waals surface area contributed by atoms with Crippen molar-refractivity contribution < 1.29 is 4.79 Å². The summed E-state index contributed by atoms with van der Waals surface area (Å²) in [5.74, 6) is -0.145. The molecule has 0 aliphatic heterocycles. The third-order valence-corrected chi connectivity index (χ3v) is 6.19. The molecule has 1 aromatic rings. The molecule has 0 heterocycles. The van der Waals surface area contributed by atoms with E-state index in [0.29, 0.717) is 17.1 Å². The van der Waals surface area contributed by atoms with E-state index < -0.39 is 16.5 Å². The highest BCUT2D eigenvalue weighted by Crippen LogP contribution is 2.39. The monoisotopic (exact) mass is 400 g/mol. The van der Waals surface area contributed by atoms with Gasteiger partial charge in [-0.25, -0.2) is 0 Å². The summed E-state index contributed by atoms with van der Waals surface area (Å²) in [5.41, 5.74) is 6.77. The Hall–Kier alpha value is -1.000. The minimum absolute atomic E-state index is 0.0613. The van der Waals surface area contributed by atoms with Crippen LogP contribution in [-0.4, -0.2) is 28.1 Å². The van der Waals surface area contributed by atoms with Gasteiger partial charge >= 0.3 is 0 Å². The summed E-state index contributed by atoms with van der Waals surface area (Å²) in [6, 6.07) is 7.52. The van der Waals surface area contributed by atoms with Crippen molar-refractivity contribution in [1.29, 1.82) is 0 Å². The van der Waals surface area contributed by atoms with Crippen LogP contribution in [0.4, 0.5) is 5.69 Å². The van der Waals surface area contributed by atoms with Crippen LogP contribution in [0.5, 0.6) is 0 Å². The van der Waals surface area contributed by atoms with Crippen LogP contribution >= 0.6 is 34.8 Å². The first-order chi connectivity index (χ1) is 11.7. The van der Waals surface area contributed by atoms with Crippen LogP contribution in [0, 0.1) is 0 Å². The minimum atomic E-state index is -0.801. The summed E-state index contributed by atoms with van der Waals surface area (Å²) >= 11 is 19.1. The Morgan fingerprint density at radius 1 is 1.36 bits per heavy atom. The molecule has 1 aliphatic rings. The van der Waals surface area contributed by atoms with Gasteiger partial charge in [-0.3, -0.25) is 10.1 Å². The Balaban J connectivity index is 2.34. The molecular weight excluding hydrogens is 379 g/mol. The number of carbonyl (C=O) groups is 1. The predicted octanol–water partition coefficient (Wildman–Crippen LogP) is 4.72. The number of rotatable bonds is 6. The number of Topliss-reactive ketones (excluding diaryl/α,β-unsaturated/α-hetero) is 1. The average Bonchev–Trinajstić information content (AvgIpc) is 2.59. The zero-order valence-electron chi connectivity index (χ0n) is 14.6. The van der Waals surface area contributed by atoms with Gasteiger partial charge < -0.3 is 5.73 Å². The van der Waals surface area contributed by atoms with E-state index in [1.165, 1.54) is 0 Å². The molecule has 0 amide bonds. The lowest BCUT2D eigenvalue weighted by molar-refractivity contribution is -0.123. The van der Waals surface area contributed by atoms with Crippen molar-refractivity contribution in [2.45, 2.75) is 43.6 Å². The zero-order valence-corrected chi connectivity index (χ0v) is 16.8. The molecule has 0 saturated heterocycles. The van der Waals surface area contributed by atoms with Crippen molar-refractivity contribution >= 4 is 51.8 Å². The van der Waals surface area contributed by atoms with Gasteiger partial charge in [0.2, 0.25) is 0 Å². The number of nitrogen functional groups attached to an aromatic ring is 1. The molecule has 25 heavy (non-hydrogen) atoms. The van der Waals surface area contributed by atoms with Crippen LogP contribution in [0.15, 0.2) is 41.4 Å². The third kappa shape index (κ3) is 4.06. The lowest BCUT2D eigenvalue weighted by Crippen LogP contribution is -2.63. The molecule has 1 aliphatic carbocycles. The molecular formula is C19H23Cl3N2O. The standard InChI is InChI=1S/C19H23Cl3N2O/c1-4-18(2,17(25)11-20)24-19(3)15(21)9-13(10-16(19)22)12-5-7-14(23)8-6-12/h5-10,15,24H,4,11,23H2,1-3H3/t15-,18?,19?/m0/s1. The van der Waals surface area contributed by atoms with Crippen molar-refractivity contribution in [2.75, 3.05) is 11.6 Å². The summed E-state index contributed by atoms with van der Waals surface area (Å²) in [4.78, 5) is 12.3. The second-order valence-corrected chi connectivity index (χ2v) is 7.85. The molecule has 136 valence electrons. The number of ketones is 1. The Morgan fingerprint density at radius 2 is 1.96 bits per heavy atom. The van der Waals surface area contributed by atoms with Crippen LogP contribution in [0.3, 0.4) is 0 Å². The van der Waals surface area contributed by atoms with Crippen LogP contribution in [0.1, 0.15) is 32.8 Å². The highest BCUT2D eigenvalue weighted by Gasteiger charge is 2.44. The molecule has 0 radical (unpaired) electrons. The summed E-state index contributed by atoms with van der Waals surface area (Å²) in [7, 11) is 0. The summed E-state index contributed by atoms with van der Waals surface area (Å²) in [6.07, 6.45) is 4.39. The van der Waals surface area contributed by atoms with E-state index in [1.807, 2.05) is 57.2 Å². The smallest absolute Gasteiger partial charge is 0.167 e. The maximum absolute atomic E-state index is 12.3. The van der Waals surface area contributed by atoms with Gasteiger partial charge in [-0.05, 0) is 49.6 Å². The van der Waals surface area contributed by atoms with E-state index in [0.717, 1.165) is 11.1 Å². The summed E-state index contributed by atoms with van der Waals surface area (Å²) in [5, 5.41) is 3.47. The highest BCUT2D eigenvalue weighted by atomic mass is 35.5. The van der Waals surface area contributed by atoms with Crippen molar-refractivity contribution in [2.24, 2.45) is 0 Å². The van der Waals surface area contributed by atoms with Crippen molar-refractivity contribution in [1.82, 2.24) is 5.32 Å². The number of nitrogens with two attached hydrogens (primary N) is 1. The van der Waals surface area contributed by atoms with Crippen LogP contribution < -0.4 is 11.1 Å². The molecule has 2 rings (SSSR count). The lowest BCUT2D eigenvalue weighted by atomic mass is 9.83. The number of carbonyl (C=O) groups excluding carboxylic acids is 1. The van der Waals surface area contributed by atoms with Crippen LogP contribution in [0.25, 0.3) is 5.57 Å². The van der Waals surface area contributed by atoms with Gasteiger partial charge in [0.1, 0.15) is 0 Å². The number of nitrogens with one attached hydrogen (secondary N) is 1. The Labute approximate surface area is 164 Å². The first-order valence-corrected chi connectivity index (χ1v) is 9.49. The minimum Gasteiger partial charge on any atom is -0.399 e. The molecule has 0 fully saturated rings. The maximum Gasteiger partial charge on any atom is 0.167 e. The fraction of sp³-hybridized carbons (Fsp3) is 0.421. The normalized spacial score (nSPS) is 25.8. The Kier molecular flexibility index (Phi) is 6.26. The first kappa shape index (κ1) is 20.3. The fourth-order valence-electron chi connectivity index (χ4n) is 2.85. The molecule has 3 N–H and O–H groups in total. The molecule has 3 nitrogen and oxygen atoms in total. The van der Waals surface area contributed by atoms with Gasteiger partial charge in [-0.1, -0.05) is 36.7 Å². The molecule has 0 saturated carbocycles. The predicted molar refractivity (Wildman–Crippen MR) is 108 cm³/mol. The third-order valence-electron chi connectivity index (χ3n) is 4.88. The van der Waals surface area contributed by atoms with Gasteiger partial charge in [-0.15, -0.1) is 23.2 Å².